The van der Waals surface area contributed by atoms with Gasteiger partial charge in [-0.1, -0.05) is 43.3 Å². The second-order valence-electron chi connectivity index (χ2n) is 7.12. The summed E-state index contributed by atoms with van der Waals surface area (Å²) in [5, 5.41) is 4.58. The average molecular weight is 452 g/mol. The smallest absolute Gasteiger partial charge is 0.276 e. The summed E-state index contributed by atoms with van der Waals surface area (Å²) >= 11 is 5.07. The number of ether oxygens (including phenoxy) is 2. The summed E-state index contributed by atoms with van der Waals surface area (Å²) in [6.45, 7) is 3.77. The largest absolute Gasteiger partial charge is 0.491 e. The number of carbonyl (C=O) groups excluding carboxylic acids is 2. The second-order valence-corrected chi connectivity index (χ2v) is 7.53. The maximum Gasteiger partial charge on any atom is 0.276 e. The molecule has 2 amide bonds. The van der Waals surface area contributed by atoms with Gasteiger partial charge in [-0.05, 0) is 66.7 Å². The standard InChI is InChI=1S/C24H25N3O4S/c1-3-16(2)31-21-10-6-9-19(14-21)23(29)25-24(32)27-26-22(28)15-30-20-12-11-17-7-4-5-8-18(17)13-20/h4-14,16H,3,15H2,1-2H3,(H,26,28)(H2,25,27,29,32). The SMILES string of the molecule is CCC(C)Oc1cccc(C(=O)NC(=S)NNC(=O)COc2ccc3ccccc3c2)c1. The van der Waals surface area contributed by atoms with E-state index in [1.807, 2.05) is 50.2 Å². The number of hydrazine groups is 1. The van der Waals surface area contributed by atoms with E-state index in [0.717, 1.165) is 17.2 Å². The Bertz CT molecular complexity index is 1120. The molecule has 3 aromatic carbocycles. The number of fused-ring (bicyclic) bond motifs is 1. The van der Waals surface area contributed by atoms with Gasteiger partial charge >= 0.3 is 0 Å². The summed E-state index contributed by atoms with van der Waals surface area (Å²) in [5.41, 5.74) is 5.28. The van der Waals surface area contributed by atoms with Gasteiger partial charge in [0.15, 0.2) is 11.7 Å². The van der Waals surface area contributed by atoms with Crippen LogP contribution in [0.3, 0.4) is 0 Å². The molecule has 0 aliphatic rings. The van der Waals surface area contributed by atoms with Crippen molar-refractivity contribution in [3.05, 3.63) is 72.3 Å². The predicted molar refractivity (Wildman–Crippen MR) is 128 cm³/mol. The Balaban J connectivity index is 1.44. The molecular formula is C24H25N3O4S. The molecule has 3 N–H and O–H groups in total. The second kappa shape index (κ2) is 11.1. The van der Waals surface area contributed by atoms with Gasteiger partial charge in [0.05, 0.1) is 6.10 Å². The van der Waals surface area contributed by atoms with E-state index >= 15 is 0 Å². The molecule has 166 valence electrons. The van der Waals surface area contributed by atoms with Crippen LogP contribution in [0.2, 0.25) is 0 Å². The number of benzene rings is 3. The van der Waals surface area contributed by atoms with Crippen molar-refractivity contribution in [1.82, 2.24) is 16.2 Å². The number of hydrogen-bond acceptors (Lipinski definition) is 5. The normalized spacial score (nSPS) is 11.3. The molecule has 0 spiro atoms. The molecule has 3 rings (SSSR count). The topological polar surface area (TPSA) is 88.7 Å². The van der Waals surface area contributed by atoms with Gasteiger partial charge in [-0.15, -0.1) is 0 Å². The fraction of sp³-hybridized carbons (Fsp3) is 0.208. The molecule has 8 heteroatoms. The van der Waals surface area contributed by atoms with Crippen molar-refractivity contribution in [1.29, 1.82) is 0 Å². The van der Waals surface area contributed by atoms with Gasteiger partial charge in [0.2, 0.25) is 0 Å². The van der Waals surface area contributed by atoms with Crippen LogP contribution >= 0.6 is 12.2 Å². The van der Waals surface area contributed by atoms with Gasteiger partial charge < -0.3 is 9.47 Å². The Kier molecular flexibility index (Phi) is 7.99. The third-order valence-corrected chi connectivity index (χ3v) is 4.85. The molecule has 3 aromatic rings. The molecule has 0 saturated heterocycles. The third kappa shape index (κ3) is 6.68. The molecule has 0 radical (unpaired) electrons. The first-order valence-corrected chi connectivity index (χ1v) is 10.6. The summed E-state index contributed by atoms with van der Waals surface area (Å²) in [6, 6.07) is 20.3. The number of amides is 2. The fourth-order valence-electron chi connectivity index (χ4n) is 2.80. The summed E-state index contributed by atoms with van der Waals surface area (Å²) < 4.78 is 11.2. The number of nitrogens with one attached hydrogen (secondary N) is 3. The Hall–Kier alpha value is -3.65. The van der Waals surface area contributed by atoms with Gasteiger partial charge in [-0.3, -0.25) is 25.8 Å². The zero-order chi connectivity index (χ0) is 22.9. The van der Waals surface area contributed by atoms with Crippen molar-refractivity contribution < 1.29 is 19.1 Å². The van der Waals surface area contributed by atoms with Crippen molar-refractivity contribution in [3.63, 3.8) is 0 Å². The van der Waals surface area contributed by atoms with Crippen molar-refractivity contribution in [2.24, 2.45) is 0 Å². The molecule has 1 atom stereocenters. The Morgan fingerprint density at radius 3 is 2.50 bits per heavy atom. The summed E-state index contributed by atoms with van der Waals surface area (Å²) in [7, 11) is 0. The number of thiocarbonyl (C=S) groups is 1. The number of carbonyl (C=O) groups is 2. The third-order valence-electron chi connectivity index (χ3n) is 4.64. The van der Waals surface area contributed by atoms with Gasteiger partial charge in [0.1, 0.15) is 11.5 Å². The van der Waals surface area contributed by atoms with Crippen molar-refractivity contribution in [2.45, 2.75) is 26.4 Å². The van der Waals surface area contributed by atoms with Crippen LogP contribution in [0.15, 0.2) is 66.7 Å². The van der Waals surface area contributed by atoms with E-state index in [0.29, 0.717) is 17.1 Å². The van der Waals surface area contributed by atoms with Crippen LogP contribution in [0.5, 0.6) is 11.5 Å². The predicted octanol–water partition coefficient (Wildman–Crippen LogP) is 3.73. The Morgan fingerprint density at radius 1 is 0.938 bits per heavy atom. The minimum Gasteiger partial charge on any atom is -0.491 e. The molecule has 7 nitrogen and oxygen atoms in total. The van der Waals surface area contributed by atoms with Gasteiger partial charge in [-0.25, -0.2) is 0 Å². The molecule has 0 saturated carbocycles. The average Bonchev–Trinajstić information content (AvgIpc) is 2.81. The highest BCUT2D eigenvalue weighted by molar-refractivity contribution is 7.80. The highest BCUT2D eigenvalue weighted by atomic mass is 32.1. The first-order valence-electron chi connectivity index (χ1n) is 10.2. The van der Waals surface area contributed by atoms with Gasteiger partial charge in [0, 0.05) is 5.56 Å². The number of rotatable bonds is 7. The maximum atomic E-state index is 12.4. The molecule has 1 unspecified atom stereocenters. The lowest BCUT2D eigenvalue weighted by atomic mass is 10.1. The van der Waals surface area contributed by atoms with E-state index in [9.17, 15) is 9.59 Å². The van der Waals surface area contributed by atoms with E-state index in [2.05, 4.69) is 16.2 Å². The molecule has 0 heterocycles. The van der Waals surface area contributed by atoms with E-state index in [-0.39, 0.29) is 17.8 Å². The minimum absolute atomic E-state index is 0.0395. The first-order chi connectivity index (χ1) is 15.4. The van der Waals surface area contributed by atoms with Crippen LogP contribution in [-0.2, 0) is 4.79 Å². The fourth-order valence-corrected chi connectivity index (χ4v) is 2.95. The van der Waals surface area contributed by atoms with Crippen LogP contribution in [-0.4, -0.2) is 29.6 Å². The van der Waals surface area contributed by atoms with Crippen LogP contribution in [0.1, 0.15) is 30.6 Å². The lowest BCUT2D eigenvalue weighted by Crippen LogP contribution is -2.49. The number of hydrogen-bond donors (Lipinski definition) is 3. The summed E-state index contributed by atoms with van der Waals surface area (Å²) in [5.74, 6) is 0.316. The summed E-state index contributed by atoms with van der Waals surface area (Å²) in [6.07, 6.45) is 0.900. The van der Waals surface area contributed by atoms with E-state index in [4.69, 9.17) is 21.7 Å². The zero-order valence-corrected chi connectivity index (χ0v) is 18.7. The van der Waals surface area contributed by atoms with E-state index in [1.165, 1.54) is 0 Å². The monoisotopic (exact) mass is 451 g/mol. The zero-order valence-electron chi connectivity index (χ0n) is 17.9. The highest BCUT2D eigenvalue weighted by Gasteiger charge is 2.11. The molecule has 0 bridgehead atoms. The van der Waals surface area contributed by atoms with Crippen LogP contribution < -0.4 is 25.6 Å². The molecule has 32 heavy (non-hydrogen) atoms. The van der Waals surface area contributed by atoms with Crippen molar-refractivity contribution >= 4 is 39.9 Å². The molecule has 0 aromatic heterocycles. The van der Waals surface area contributed by atoms with Gasteiger partial charge in [-0.2, -0.15) is 0 Å². The van der Waals surface area contributed by atoms with Crippen LogP contribution in [0.4, 0.5) is 0 Å². The molecule has 0 fully saturated rings. The Morgan fingerprint density at radius 2 is 1.72 bits per heavy atom. The van der Waals surface area contributed by atoms with Crippen molar-refractivity contribution in [3.8, 4) is 11.5 Å². The minimum atomic E-state index is -0.446. The van der Waals surface area contributed by atoms with Gasteiger partial charge in [0.25, 0.3) is 11.8 Å². The quantitative estimate of drug-likeness (QED) is 0.375. The maximum absolute atomic E-state index is 12.4. The van der Waals surface area contributed by atoms with Crippen LogP contribution in [0, 0.1) is 0 Å². The lowest BCUT2D eigenvalue weighted by molar-refractivity contribution is -0.123. The van der Waals surface area contributed by atoms with Crippen LogP contribution in [0.25, 0.3) is 10.8 Å². The highest BCUT2D eigenvalue weighted by Crippen LogP contribution is 2.20. The van der Waals surface area contributed by atoms with E-state index in [1.54, 1.807) is 30.3 Å². The molecular weight excluding hydrogens is 426 g/mol. The van der Waals surface area contributed by atoms with E-state index < -0.39 is 11.8 Å². The molecule has 0 aliphatic heterocycles. The molecule has 0 aliphatic carbocycles. The first kappa shape index (κ1) is 23.0. The Labute approximate surface area is 192 Å². The summed E-state index contributed by atoms with van der Waals surface area (Å²) in [4.78, 5) is 24.4. The lowest BCUT2D eigenvalue weighted by Gasteiger charge is -2.14. The van der Waals surface area contributed by atoms with Crippen molar-refractivity contribution in [2.75, 3.05) is 6.61 Å².